The summed E-state index contributed by atoms with van der Waals surface area (Å²) in [5.41, 5.74) is 2.25. The first-order chi connectivity index (χ1) is 7.24. The Morgan fingerprint density at radius 3 is 2.60 bits per heavy atom. The van der Waals surface area contributed by atoms with Gasteiger partial charge in [0.1, 0.15) is 0 Å². The van der Waals surface area contributed by atoms with E-state index in [1.54, 1.807) is 0 Å². The SMILES string of the molecule is CC[C@H](O)c1c(C)ccc2ccccc12. The molecule has 0 aromatic heterocycles. The van der Waals surface area contributed by atoms with Gasteiger partial charge in [-0.25, -0.2) is 0 Å². The summed E-state index contributed by atoms with van der Waals surface area (Å²) < 4.78 is 0. The van der Waals surface area contributed by atoms with Crippen LogP contribution in [0.3, 0.4) is 0 Å². The predicted molar refractivity (Wildman–Crippen MR) is 63.9 cm³/mol. The molecule has 1 nitrogen and oxygen atoms in total. The molecule has 0 fully saturated rings. The van der Waals surface area contributed by atoms with E-state index in [9.17, 15) is 5.11 Å². The molecule has 78 valence electrons. The monoisotopic (exact) mass is 200 g/mol. The van der Waals surface area contributed by atoms with Gasteiger partial charge in [0.15, 0.2) is 0 Å². The Morgan fingerprint density at radius 2 is 1.87 bits per heavy atom. The number of benzene rings is 2. The summed E-state index contributed by atoms with van der Waals surface area (Å²) in [4.78, 5) is 0. The van der Waals surface area contributed by atoms with Crippen molar-refractivity contribution in [2.75, 3.05) is 0 Å². The Bertz CT molecular complexity index is 474. The Kier molecular flexibility index (Phi) is 2.74. The average Bonchev–Trinajstić information content (AvgIpc) is 2.28. The van der Waals surface area contributed by atoms with E-state index in [0.717, 1.165) is 12.0 Å². The molecule has 1 atom stereocenters. The van der Waals surface area contributed by atoms with Crippen LogP contribution in [0.25, 0.3) is 10.8 Å². The highest BCUT2D eigenvalue weighted by molar-refractivity contribution is 5.87. The summed E-state index contributed by atoms with van der Waals surface area (Å²) in [6, 6.07) is 12.4. The number of fused-ring (bicyclic) bond motifs is 1. The Labute approximate surface area is 90.4 Å². The lowest BCUT2D eigenvalue weighted by Gasteiger charge is -2.14. The molecule has 0 aliphatic heterocycles. The van der Waals surface area contributed by atoms with Gasteiger partial charge in [0.25, 0.3) is 0 Å². The molecule has 0 unspecified atom stereocenters. The van der Waals surface area contributed by atoms with Gasteiger partial charge in [0.05, 0.1) is 6.10 Å². The van der Waals surface area contributed by atoms with E-state index in [1.165, 1.54) is 16.3 Å². The van der Waals surface area contributed by atoms with Crippen molar-refractivity contribution < 1.29 is 5.11 Å². The summed E-state index contributed by atoms with van der Waals surface area (Å²) in [6.07, 6.45) is 0.408. The van der Waals surface area contributed by atoms with Crippen LogP contribution < -0.4 is 0 Å². The highest BCUT2D eigenvalue weighted by atomic mass is 16.3. The minimum absolute atomic E-state index is 0.351. The minimum atomic E-state index is -0.351. The van der Waals surface area contributed by atoms with Crippen molar-refractivity contribution in [1.82, 2.24) is 0 Å². The standard InChI is InChI=1S/C14H16O/c1-3-13(15)14-10(2)8-9-11-6-4-5-7-12(11)14/h4-9,13,15H,3H2,1-2H3/t13-/m0/s1. The lowest BCUT2D eigenvalue weighted by atomic mass is 9.95. The zero-order valence-corrected chi connectivity index (χ0v) is 9.20. The first kappa shape index (κ1) is 10.2. The summed E-state index contributed by atoms with van der Waals surface area (Å²) >= 11 is 0. The average molecular weight is 200 g/mol. The van der Waals surface area contributed by atoms with E-state index >= 15 is 0 Å². The van der Waals surface area contributed by atoms with Crippen molar-refractivity contribution in [1.29, 1.82) is 0 Å². The van der Waals surface area contributed by atoms with Crippen LogP contribution in [-0.2, 0) is 0 Å². The van der Waals surface area contributed by atoms with Crippen LogP contribution in [-0.4, -0.2) is 5.11 Å². The van der Waals surface area contributed by atoms with Crippen LogP contribution in [0.1, 0.15) is 30.6 Å². The number of aliphatic hydroxyl groups is 1. The third-order valence-corrected chi connectivity index (χ3v) is 2.91. The zero-order chi connectivity index (χ0) is 10.8. The Hall–Kier alpha value is -1.34. The van der Waals surface area contributed by atoms with Gasteiger partial charge < -0.3 is 5.11 Å². The molecular formula is C14H16O. The topological polar surface area (TPSA) is 20.2 Å². The zero-order valence-electron chi connectivity index (χ0n) is 9.20. The molecule has 1 heteroatoms. The fourth-order valence-electron chi connectivity index (χ4n) is 2.05. The molecule has 1 N–H and O–H groups in total. The summed E-state index contributed by atoms with van der Waals surface area (Å²) in [7, 11) is 0. The molecule has 2 aromatic carbocycles. The maximum atomic E-state index is 10.0. The molecule has 0 amide bonds. The maximum absolute atomic E-state index is 10.0. The minimum Gasteiger partial charge on any atom is -0.388 e. The van der Waals surface area contributed by atoms with Crippen LogP contribution in [0.4, 0.5) is 0 Å². The first-order valence-corrected chi connectivity index (χ1v) is 5.40. The highest BCUT2D eigenvalue weighted by Gasteiger charge is 2.11. The second-order valence-corrected chi connectivity index (χ2v) is 3.94. The van der Waals surface area contributed by atoms with Gasteiger partial charge >= 0.3 is 0 Å². The van der Waals surface area contributed by atoms with Crippen LogP contribution in [0.5, 0.6) is 0 Å². The first-order valence-electron chi connectivity index (χ1n) is 5.40. The molecule has 0 saturated heterocycles. The van der Waals surface area contributed by atoms with Gasteiger partial charge in [-0.1, -0.05) is 43.3 Å². The molecule has 0 aliphatic carbocycles. The Morgan fingerprint density at radius 1 is 1.13 bits per heavy atom. The molecule has 0 bridgehead atoms. The number of hydrogen-bond acceptors (Lipinski definition) is 1. The second kappa shape index (κ2) is 4.03. The van der Waals surface area contributed by atoms with Gasteiger partial charge in [-0.15, -0.1) is 0 Å². The number of hydrogen-bond donors (Lipinski definition) is 1. The third kappa shape index (κ3) is 1.75. The number of aryl methyl sites for hydroxylation is 1. The lowest BCUT2D eigenvalue weighted by molar-refractivity contribution is 0.174. The molecule has 2 rings (SSSR count). The predicted octanol–water partition coefficient (Wildman–Crippen LogP) is 3.59. The van der Waals surface area contributed by atoms with Crippen LogP contribution in [0.15, 0.2) is 36.4 Å². The fraction of sp³-hybridized carbons (Fsp3) is 0.286. The molecule has 0 aliphatic rings. The molecule has 15 heavy (non-hydrogen) atoms. The number of aliphatic hydroxyl groups excluding tert-OH is 1. The summed E-state index contributed by atoms with van der Waals surface area (Å²) in [5, 5.41) is 12.4. The molecule has 2 aromatic rings. The van der Waals surface area contributed by atoms with Crippen molar-refractivity contribution in [3.8, 4) is 0 Å². The van der Waals surface area contributed by atoms with E-state index in [4.69, 9.17) is 0 Å². The van der Waals surface area contributed by atoms with Crippen LogP contribution >= 0.6 is 0 Å². The smallest absolute Gasteiger partial charge is 0.0796 e. The van der Waals surface area contributed by atoms with Crippen LogP contribution in [0, 0.1) is 6.92 Å². The van der Waals surface area contributed by atoms with Crippen LogP contribution in [0.2, 0.25) is 0 Å². The van der Waals surface area contributed by atoms with Crippen molar-refractivity contribution >= 4 is 10.8 Å². The lowest BCUT2D eigenvalue weighted by Crippen LogP contribution is -1.99. The normalized spacial score (nSPS) is 13.0. The van der Waals surface area contributed by atoms with Gasteiger partial charge in [-0.3, -0.25) is 0 Å². The molecule has 0 heterocycles. The fourth-order valence-corrected chi connectivity index (χ4v) is 2.05. The molecule has 0 saturated carbocycles. The highest BCUT2D eigenvalue weighted by Crippen LogP contribution is 2.29. The third-order valence-electron chi connectivity index (χ3n) is 2.91. The molecule has 0 spiro atoms. The summed E-state index contributed by atoms with van der Waals surface area (Å²) in [5.74, 6) is 0. The summed E-state index contributed by atoms with van der Waals surface area (Å²) in [6.45, 7) is 4.06. The molecule has 0 radical (unpaired) electrons. The van der Waals surface area contributed by atoms with E-state index in [0.29, 0.717) is 0 Å². The molecular weight excluding hydrogens is 184 g/mol. The van der Waals surface area contributed by atoms with Gasteiger partial charge in [-0.2, -0.15) is 0 Å². The quantitative estimate of drug-likeness (QED) is 0.785. The Balaban J connectivity index is 2.74. The van der Waals surface area contributed by atoms with E-state index < -0.39 is 0 Å². The maximum Gasteiger partial charge on any atom is 0.0796 e. The second-order valence-electron chi connectivity index (χ2n) is 3.94. The van der Waals surface area contributed by atoms with Crippen molar-refractivity contribution in [2.45, 2.75) is 26.4 Å². The van der Waals surface area contributed by atoms with E-state index in [2.05, 4.69) is 31.2 Å². The number of rotatable bonds is 2. The van der Waals surface area contributed by atoms with E-state index in [1.807, 2.05) is 19.1 Å². The largest absolute Gasteiger partial charge is 0.388 e. The van der Waals surface area contributed by atoms with Crippen molar-refractivity contribution in [2.24, 2.45) is 0 Å². The van der Waals surface area contributed by atoms with Gasteiger partial charge in [0.2, 0.25) is 0 Å². The van der Waals surface area contributed by atoms with E-state index in [-0.39, 0.29) is 6.10 Å². The van der Waals surface area contributed by atoms with Crippen molar-refractivity contribution in [3.63, 3.8) is 0 Å². The van der Waals surface area contributed by atoms with Gasteiger partial charge in [-0.05, 0) is 35.2 Å². The van der Waals surface area contributed by atoms with Crippen molar-refractivity contribution in [3.05, 3.63) is 47.5 Å². The van der Waals surface area contributed by atoms with Gasteiger partial charge in [0, 0.05) is 0 Å².